The topological polar surface area (TPSA) is 54.5 Å². The number of pyridine rings is 1. The van der Waals surface area contributed by atoms with Crippen molar-refractivity contribution in [3.63, 3.8) is 0 Å². The number of carbonyl (C=O) groups excluding carboxylic acids is 1. The number of rotatable bonds is 4. The average Bonchev–Trinajstić information content (AvgIpc) is 2.87. The minimum atomic E-state index is -0.422. The smallest absolute Gasteiger partial charge is 0.410 e. The molecule has 116 valence electrons. The molecule has 1 fully saturated rings. The van der Waals surface area contributed by atoms with Gasteiger partial charge in [-0.2, -0.15) is 0 Å². The SMILES string of the molecule is CC(C)(C)OC(=O)N1CC[C@H](CNCc2ccncc2)C1. The third kappa shape index (κ3) is 5.34. The van der Waals surface area contributed by atoms with Crippen molar-refractivity contribution >= 4 is 6.09 Å². The molecule has 0 spiro atoms. The highest BCUT2D eigenvalue weighted by Gasteiger charge is 2.29. The first-order chi connectivity index (χ1) is 9.94. The van der Waals surface area contributed by atoms with Gasteiger partial charge < -0.3 is 15.0 Å². The lowest BCUT2D eigenvalue weighted by Crippen LogP contribution is -2.36. The lowest BCUT2D eigenvalue weighted by molar-refractivity contribution is 0.0288. The highest BCUT2D eigenvalue weighted by atomic mass is 16.6. The van der Waals surface area contributed by atoms with Crippen LogP contribution in [0.25, 0.3) is 0 Å². The summed E-state index contributed by atoms with van der Waals surface area (Å²) in [7, 11) is 0. The van der Waals surface area contributed by atoms with E-state index >= 15 is 0 Å². The molecule has 1 atom stereocenters. The van der Waals surface area contributed by atoms with E-state index in [1.165, 1.54) is 5.56 Å². The molecule has 5 heteroatoms. The molecule has 1 aromatic heterocycles. The van der Waals surface area contributed by atoms with Crippen molar-refractivity contribution in [1.29, 1.82) is 0 Å². The van der Waals surface area contributed by atoms with Gasteiger partial charge in [0.05, 0.1) is 0 Å². The lowest BCUT2D eigenvalue weighted by Gasteiger charge is -2.24. The van der Waals surface area contributed by atoms with Gasteiger partial charge >= 0.3 is 6.09 Å². The maximum atomic E-state index is 12.0. The highest BCUT2D eigenvalue weighted by Crippen LogP contribution is 2.19. The van der Waals surface area contributed by atoms with Crippen molar-refractivity contribution in [2.45, 2.75) is 39.3 Å². The first-order valence-electron chi connectivity index (χ1n) is 7.51. The van der Waals surface area contributed by atoms with Crippen molar-refractivity contribution in [1.82, 2.24) is 15.2 Å². The number of amides is 1. The summed E-state index contributed by atoms with van der Waals surface area (Å²) in [5.41, 5.74) is 0.807. The summed E-state index contributed by atoms with van der Waals surface area (Å²) in [6.07, 6.45) is 4.44. The maximum absolute atomic E-state index is 12.0. The van der Waals surface area contributed by atoms with Gasteiger partial charge in [-0.05, 0) is 50.8 Å². The van der Waals surface area contributed by atoms with Gasteiger partial charge in [-0.3, -0.25) is 4.98 Å². The van der Waals surface area contributed by atoms with Crippen LogP contribution in [0.3, 0.4) is 0 Å². The predicted molar refractivity (Wildman–Crippen MR) is 81.9 cm³/mol. The first-order valence-corrected chi connectivity index (χ1v) is 7.51. The monoisotopic (exact) mass is 291 g/mol. The van der Waals surface area contributed by atoms with Crippen LogP contribution in [0.15, 0.2) is 24.5 Å². The van der Waals surface area contributed by atoms with Crippen molar-refractivity contribution in [3.8, 4) is 0 Å². The Morgan fingerprint density at radius 1 is 1.43 bits per heavy atom. The fourth-order valence-electron chi connectivity index (χ4n) is 2.41. The van der Waals surface area contributed by atoms with Crippen LogP contribution in [0.2, 0.25) is 0 Å². The molecular weight excluding hydrogens is 266 g/mol. The number of carbonyl (C=O) groups is 1. The zero-order chi connectivity index (χ0) is 15.3. The number of likely N-dealkylation sites (tertiary alicyclic amines) is 1. The second-order valence-corrected chi connectivity index (χ2v) is 6.57. The average molecular weight is 291 g/mol. The number of hydrogen-bond acceptors (Lipinski definition) is 4. The van der Waals surface area contributed by atoms with Crippen molar-refractivity contribution in [2.75, 3.05) is 19.6 Å². The van der Waals surface area contributed by atoms with E-state index in [1.54, 1.807) is 12.4 Å². The van der Waals surface area contributed by atoms with Crippen LogP contribution in [-0.2, 0) is 11.3 Å². The van der Waals surface area contributed by atoms with E-state index in [0.717, 1.165) is 32.6 Å². The number of ether oxygens (including phenoxy) is 1. The van der Waals surface area contributed by atoms with Crippen LogP contribution >= 0.6 is 0 Å². The fourth-order valence-corrected chi connectivity index (χ4v) is 2.41. The minimum absolute atomic E-state index is 0.195. The predicted octanol–water partition coefficient (Wildman–Crippen LogP) is 2.43. The molecule has 1 saturated heterocycles. The Morgan fingerprint density at radius 2 is 2.14 bits per heavy atom. The molecule has 0 aliphatic carbocycles. The van der Waals surface area contributed by atoms with Crippen LogP contribution in [0, 0.1) is 5.92 Å². The fraction of sp³-hybridized carbons (Fsp3) is 0.625. The number of hydrogen-bond donors (Lipinski definition) is 1. The van der Waals surface area contributed by atoms with E-state index in [2.05, 4.69) is 10.3 Å². The Hall–Kier alpha value is -1.62. The normalized spacial score (nSPS) is 18.8. The summed E-state index contributed by atoms with van der Waals surface area (Å²) in [5, 5.41) is 3.44. The van der Waals surface area contributed by atoms with E-state index in [4.69, 9.17) is 4.74 Å². The van der Waals surface area contributed by atoms with Gasteiger partial charge in [0, 0.05) is 38.6 Å². The van der Waals surface area contributed by atoms with E-state index in [9.17, 15) is 4.79 Å². The van der Waals surface area contributed by atoms with Gasteiger partial charge in [0.1, 0.15) is 5.60 Å². The number of nitrogens with zero attached hydrogens (tertiary/aromatic N) is 2. The molecule has 0 unspecified atom stereocenters. The standard InChI is InChI=1S/C16H25N3O2/c1-16(2,3)21-15(20)19-9-6-14(12-19)11-18-10-13-4-7-17-8-5-13/h4-5,7-8,14,18H,6,9-12H2,1-3H3/t14-/m1/s1. The molecule has 1 aromatic rings. The molecule has 0 saturated carbocycles. The van der Waals surface area contributed by atoms with Gasteiger partial charge in [0.2, 0.25) is 0 Å². The van der Waals surface area contributed by atoms with Crippen LogP contribution < -0.4 is 5.32 Å². The molecule has 21 heavy (non-hydrogen) atoms. The largest absolute Gasteiger partial charge is 0.444 e. The van der Waals surface area contributed by atoms with E-state index in [0.29, 0.717) is 5.92 Å². The molecule has 0 aromatic carbocycles. The zero-order valence-electron chi connectivity index (χ0n) is 13.1. The van der Waals surface area contributed by atoms with Crippen LogP contribution in [-0.4, -0.2) is 41.2 Å². The highest BCUT2D eigenvalue weighted by molar-refractivity contribution is 5.68. The van der Waals surface area contributed by atoms with Crippen LogP contribution in [0.4, 0.5) is 4.79 Å². The van der Waals surface area contributed by atoms with Crippen molar-refractivity contribution in [2.24, 2.45) is 5.92 Å². The molecular formula is C16H25N3O2. The number of aromatic nitrogens is 1. The Kier molecular flexibility index (Phi) is 5.17. The second kappa shape index (κ2) is 6.89. The third-order valence-corrected chi connectivity index (χ3v) is 3.45. The van der Waals surface area contributed by atoms with Crippen molar-refractivity contribution in [3.05, 3.63) is 30.1 Å². The molecule has 1 aliphatic rings. The third-order valence-electron chi connectivity index (χ3n) is 3.45. The molecule has 1 N–H and O–H groups in total. The van der Waals surface area contributed by atoms with Gasteiger partial charge in [0.15, 0.2) is 0 Å². The maximum Gasteiger partial charge on any atom is 0.410 e. The van der Waals surface area contributed by atoms with E-state index < -0.39 is 5.60 Å². The minimum Gasteiger partial charge on any atom is -0.444 e. The van der Waals surface area contributed by atoms with Gasteiger partial charge in [0.25, 0.3) is 0 Å². The molecule has 0 bridgehead atoms. The molecule has 0 radical (unpaired) electrons. The summed E-state index contributed by atoms with van der Waals surface area (Å²) < 4.78 is 5.40. The Labute approximate surface area is 126 Å². The van der Waals surface area contributed by atoms with Crippen LogP contribution in [0.5, 0.6) is 0 Å². The zero-order valence-corrected chi connectivity index (χ0v) is 13.1. The molecule has 5 nitrogen and oxygen atoms in total. The Morgan fingerprint density at radius 3 is 2.81 bits per heavy atom. The summed E-state index contributed by atoms with van der Waals surface area (Å²) >= 11 is 0. The van der Waals surface area contributed by atoms with Crippen LogP contribution in [0.1, 0.15) is 32.8 Å². The summed E-state index contributed by atoms with van der Waals surface area (Å²) in [6, 6.07) is 4.02. The summed E-state index contributed by atoms with van der Waals surface area (Å²) in [4.78, 5) is 17.8. The molecule has 1 aliphatic heterocycles. The van der Waals surface area contributed by atoms with Gasteiger partial charge in [-0.15, -0.1) is 0 Å². The first kappa shape index (κ1) is 15.8. The molecule has 2 rings (SSSR count). The van der Waals surface area contributed by atoms with E-state index in [-0.39, 0.29) is 6.09 Å². The lowest BCUT2D eigenvalue weighted by atomic mass is 10.1. The van der Waals surface area contributed by atoms with Gasteiger partial charge in [-0.1, -0.05) is 0 Å². The molecule has 1 amide bonds. The quantitative estimate of drug-likeness (QED) is 0.925. The molecule has 2 heterocycles. The second-order valence-electron chi connectivity index (χ2n) is 6.57. The summed E-state index contributed by atoms with van der Waals surface area (Å²) in [5.74, 6) is 0.499. The van der Waals surface area contributed by atoms with E-state index in [1.807, 2.05) is 37.8 Å². The van der Waals surface area contributed by atoms with Gasteiger partial charge in [-0.25, -0.2) is 4.79 Å². The summed E-state index contributed by atoms with van der Waals surface area (Å²) in [6.45, 7) is 9.01. The number of nitrogens with one attached hydrogen (secondary N) is 1. The Bertz CT molecular complexity index is 456. The van der Waals surface area contributed by atoms with Crippen molar-refractivity contribution < 1.29 is 9.53 Å². The Balaban J connectivity index is 1.69.